The molecular formula is C12H14N4O3S. The van der Waals surface area contributed by atoms with Crippen LogP contribution in [0, 0.1) is 0 Å². The number of nitrogens with one attached hydrogen (secondary N) is 1. The number of hydrogen-bond donors (Lipinski definition) is 2. The number of thioether (sulfide) groups is 1. The van der Waals surface area contributed by atoms with Gasteiger partial charge >= 0.3 is 5.97 Å². The smallest absolute Gasteiger partial charge is 0.313 e. The van der Waals surface area contributed by atoms with Crippen LogP contribution in [-0.4, -0.2) is 36.6 Å². The highest BCUT2D eigenvalue weighted by atomic mass is 32.2. The number of rotatable bonds is 5. The molecular weight excluding hydrogens is 280 g/mol. The first-order chi connectivity index (χ1) is 9.50. The van der Waals surface area contributed by atoms with E-state index in [2.05, 4.69) is 15.2 Å². The maximum Gasteiger partial charge on any atom is 0.313 e. The Hall–Kier alpha value is -2.09. The van der Waals surface area contributed by atoms with Crippen LogP contribution in [0.25, 0.3) is 11.4 Å². The lowest BCUT2D eigenvalue weighted by molar-refractivity contribution is -0.133. The summed E-state index contributed by atoms with van der Waals surface area (Å²) in [7, 11) is 0. The molecule has 0 aliphatic rings. The van der Waals surface area contributed by atoms with Crippen molar-refractivity contribution in [2.24, 2.45) is 0 Å². The summed E-state index contributed by atoms with van der Waals surface area (Å²) < 4.78 is 1.76. The SMILES string of the molecule is CC(C)n1c(SCC(=O)O)nnc1-c1c[nH]ccc1=O. The minimum absolute atomic E-state index is 0.0101. The molecule has 0 fully saturated rings. The first kappa shape index (κ1) is 14.3. The van der Waals surface area contributed by atoms with Crippen LogP contribution in [0.3, 0.4) is 0 Å². The van der Waals surface area contributed by atoms with Crippen molar-refractivity contribution in [3.8, 4) is 11.4 Å². The molecule has 2 heterocycles. The van der Waals surface area contributed by atoms with Gasteiger partial charge in [-0.2, -0.15) is 0 Å². The van der Waals surface area contributed by atoms with E-state index >= 15 is 0 Å². The number of nitrogens with zero attached hydrogens (tertiary/aromatic N) is 3. The van der Waals surface area contributed by atoms with Gasteiger partial charge in [-0.1, -0.05) is 11.8 Å². The number of carboxylic acid groups (broad SMARTS) is 1. The van der Waals surface area contributed by atoms with Gasteiger partial charge < -0.3 is 10.1 Å². The van der Waals surface area contributed by atoms with Gasteiger partial charge in [0.05, 0.1) is 11.3 Å². The van der Waals surface area contributed by atoms with Gasteiger partial charge in [-0.15, -0.1) is 10.2 Å². The summed E-state index contributed by atoms with van der Waals surface area (Å²) in [6, 6.07) is 1.43. The van der Waals surface area contributed by atoms with E-state index in [0.717, 1.165) is 11.8 Å². The molecule has 106 valence electrons. The Morgan fingerprint density at radius 1 is 1.50 bits per heavy atom. The fourth-order valence-corrected chi connectivity index (χ4v) is 2.53. The molecule has 20 heavy (non-hydrogen) atoms. The maximum atomic E-state index is 11.9. The Labute approximate surface area is 119 Å². The summed E-state index contributed by atoms with van der Waals surface area (Å²) >= 11 is 1.08. The van der Waals surface area contributed by atoms with Crippen LogP contribution < -0.4 is 5.43 Å². The molecule has 0 atom stereocenters. The van der Waals surface area contributed by atoms with E-state index in [0.29, 0.717) is 16.5 Å². The number of hydrogen-bond acceptors (Lipinski definition) is 5. The molecule has 2 rings (SSSR count). The molecule has 0 saturated carbocycles. The van der Waals surface area contributed by atoms with Crippen molar-refractivity contribution in [2.45, 2.75) is 25.0 Å². The van der Waals surface area contributed by atoms with E-state index in [-0.39, 0.29) is 17.2 Å². The van der Waals surface area contributed by atoms with E-state index in [1.54, 1.807) is 17.0 Å². The number of carboxylic acids is 1. The molecule has 2 aromatic heterocycles. The molecule has 8 heteroatoms. The molecule has 7 nitrogen and oxygen atoms in total. The molecule has 0 radical (unpaired) electrons. The third-order valence-electron chi connectivity index (χ3n) is 2.57. The molecule has 0 spiro atoms. The van der Waals surface area contributed by atoms with Crippen LogP contribution in [0.4, 0.5) is 0 Å². The highest BCUT2D eigenvalue weighted by molar-refractivity contribution is 7.99. The first-order valence-electron chi connectivity index (χ1n) is 5.97. The highest BCUT2D eigenvalue weighted by Gasteiger charge is 2.19. The molecule has 0 aliphatic heterocycles. The average Bonchev–Trinajstić information content (AvgIpc) is 2.80. The third kappa shape index (κ3) is 2.90. The van der Waals surface area contributed by atoms with Crippen molar-refractivity contribution < 1.29 is 9.90 Å². The van der Waals surface area contributed by atoms with Gasteiger partial charge in [-0.05, 0) is 13.8 Å². The maximum absolute atomic E-state index is 11.9. The Morgan fingerprint density at radius 3 is 2.85 bits per heavy atom. The van der Waals surface area contributed by atoms with E-state index in [9.17, 15) is 9.59 Å². The van der Waals surface area contributed by atoms with Gasteiger partial charge in [-0.3, -0.25) is 14.2 Å². The topological polar surface area (TPSA) is 101 Å². The van der Waals surface area contributed by atoms with Crippen LogP contribution in [0.15, 0.2) is 28.4 Å². The zero-order valence-electron chi connectivity index (χ0n) is 11.0. The molecule has 2 aromatic rings. The van der Waals surface area contributed by atoms with Crippen molar-refractivity contribution in [2.75, 3.05) is 5.75 Å². The van der Waals surface area contributed by atoms with Gasteiger partial charge in [-0.25, -0.2) is 0 Å². The first-order valence-corrected chi connectivity index (χ1v) is 6.96. The summed E-state index contributed by atoms with van der Waals surface area (Å²) in [4.78, 5) is 25.4. The second-order valence-corrected chi connectivity index (χ2v) is 5.32. The molecule has 2 N–H and O–H groups in total. The third-order valence-corrected chi connectivity index (χ3v) is 3.50. The van der Waals surface area contributed by atoms with Crippen molar-refractivity contribution >= 4 is 17.7 Å². The van der Waals surface area contributed by atoms with Crippen LogP contribution in [0.2, 0.25) is 0 Å². The zero-order chi connectivity index (χ0) is 14.7. The largest absolute Gasteiger partial charge is 0.481 e. The molecule has 0 saturated heterocycles. The molecule has 0 bridgehead atoms. The van der Waals surface area contributed by atoms with Gasteiger partial charge in [0.15, 0.2) is 16.4 Å². The standard InChI is InChI=1S/C12H14N4O3S/c1-7(2)16-11(8-5-13-4-3-9(8)17)14-15-12(16)20-6-10(18)19/h3-5,7H,6H2,1-2H3,(H,13,17)(H,18,19). The Bertz CT molecular complexity index is 677. The predicted octanol–water partition coefficient (Wildman–Crippen LogP) is 1.39. The van der Waals surface area contributed by atoms with Crippen molar-refractivity contribution in [3.05, 3.63) is 28.7 Å². The minimum atomic E-state index is -0.924. The second-order valence-electron chi connectivity index (χ2n) is 4.37. The number of H-pyrrole nitrogens is 1. The summed E-state index contributed by atoms with van der Waals surface area (Å²) in [6.45, 7) is 3.85. The Kier molecular flexibility index (Phi) is 4.23. The van der Waals surface area contributed by atoms with Gasteiger partial charge in [0.25, 0.3) is 0 Å². The van der Waals surface area contributed by atoms with Gasteiger partial charge in [0.1, 0.15) is 0 Å². The summed E-state index contributed by atoms with van der Waals surface area (Å²) in [5.74, 6) is -0.585. The molecule has 0 aromatic carbocycles. The lowest BCUT2D eigenvalue weighted by Gasteiger charge is -2.12. The monoisotopic (exact) mass is 294 g/mol. The van der Waals surface area contributed by atoms with E-state index < -0.39 is 5.97 Å². The van der Waals surface area contributed by atoms with Crippen LogP contribution >= 0.6 is 11.8 Å². The second kappa shape index (κ2) is 5.91. The zero-order valence-corrected chi connectivity index (χ0v) is 11.8. The summed E-state index contributed by atoms with van der Waals surface area (Å²) in [6.07, 6.45) is 3.11. The quantitative estimate of drug-likeness (QED) is 0.808. The number of carbonyl (C=O) groups is 1. The number of aliphatic carboxylic acids is 1. The number of aromatic nitrogens is 4. The fourth-order valence-electron chi connectivity index (χ4n) is 1.74. The van der Waals surface area contributed by atoms with E-state index in [1.165, 1.54) is 6.07 Å². The minimum Gasteiger partial charge on any atom is -0.481 e. The molecule has 0 aliphatic carbocycles. The Morgan fingerprint density at radius 2 is 2.25 bits per heavy atom. The van der Waals surface area contributed by atoms with E-state index in [1.807, 2.05) is 13.8 Å². The predicted molar refractivity (Wildman–Crippen MR) is 74.8 cm³/mol. The van der Waals surface area contributed by atoms with Gasteiger partial charge in [0, 0.05) is 24.5 Å². The van der Waals surface area contributed by atoms with Crippen LogP contribution in [-0.2, 0) is 4.79 Å². The van der Waals surface area contributed by atoms with Gasteiger partial charge in [0.2, 0.25) is 0 Å². The molecule has 0 amide bonds. The number of aromatic amines is 1. The Balaban J connectivity index is 2.47. The lowest BCUT2D eigenvalue weighted by Crippen LogP contribution is -2.11. The van der Waals surface area contributed by atoms with Crippen LogP contribution in [0.1, 0.15) is 19.9 Å². The summed E-state index contributed by atoms with van der Waals surface area (Å²) in [5, 5.41) is 17.2. The van der Waals surface area contributed by atoms with Crippen molar-refractivity contribution in [1.82, 2.24) is 19.7 Å². The average molecular weight is 294 g/mol. The highest BCUT2D eigenvalue weighted by Crippen LogP contribution is 2.25. The van der Waals surface area contributed by atoms with Crippen molar-refractivity contribution in [1.29, 1.82) is 0 Å². The normalized spacial score (nSPS) is 10.9. The molecule has 0 unspecified atom stereocenters. The van der Waals surface area contributed by atoms with E-state index in [4.69, 9.17) is 5.11 Å². The lowest BCUT2D eigenvalue weighted by atomic mass is 10.2. The van der Waals surface area contributed by atoms with Crippen molar-refractivity contribution in [3.63, 3.8) is 0 Å². The van der Waals surface area contributed by atoms with Crippen LogP contribution in [0.5, 0.6) is 0 Å². The number of pyridine rings is 1. The fraction of sp³-hybridized carbons (Fsp3) is 0.333. The summed E-state index contributed by atoms with van der Waals surface area (Å²) in [5.41, 5.74) is 0.253.